The molecule has 0 spiro atoms. The average molecular weight is 532 g/mol. The summed E-state index contributed by atoms with van der Waals surface area (Å²) in [7, 11) is -7.18. The first-order chi connectivity index (χ1) is 17.3. The van der Waals surface area contributed by atoms with Gasteiger partial charge < -0.3 is 4.90 Å². The number of nitrogens with zero attached hydrogens (tertiary/aromatic N) is 2. The average Bonchev–Trinajstić information content (AvgIpc) is 3.44. The van der Waals surface area contributed by atoms with Crippen molar-refractivity contribution >= 4 is 31.6 Å². The molecule has 2 aromatic carbocycles. The Bertz CT molecular complexity index is 1330. The number of carbonyl (C=O) groups is 1. The van der Waals surface area contributed by atoms with Gasteiger partial charge in [-0.3, -0.25) is 4.79 Å². The molecule has 10 heteroatoms. The summed E-state index contributed by atoms with van der Waals surface area (Å²) in [5.74, 6) is -0.229. The smallest absolute Gasteiger partial charge is 0.258 e. The highest BCUT2D eigenvalue weighted by Crippen LogP contribution is 2.32. The van der Waals surface area contributed by atoms with Crippen molar-refractivity contribution in [3.63, 3.8) is 0 Å². The third-order valence-electron chi connectivity index (χ3n) is 7.48. The highest BCUT2D eigenvalue weighted by Gasteiger charge is 2.30. The van der Waals surface area contributed by atoms with E-state index in [4.69, 9.17) is 0 Å². The van der Waals surface area contributed by atoms with Crippen LogP contribution in [0.25, 0.3) is 0 Å². The lowest BCUT2D eigenvalue weighted by atomic mass is 10.1. The number of anilines is 1. The molecule has 194 valence electrons. The van der Waals surface area contributed by atoms with E-state index in [1.807, 2.05) is 0 Å². The number of benzene rings is 2. The van der Waals surface area contributed by atoms with Crippen molar-refractivity contribution in [1.29, 1.82) is 0 Å². The molecule has 2 fully saturated rings. The number of sulfonamides is 2. The fraction of sp³-hybridized carbons (Fsp3) is 0.500. The van der Waals surface area contributed by atoms with E-state index in [2.05, 4.69) is 4.72 Å². The predicted molar refractivity (Wildman–Crippen MR) is 138 cm³/mol. The Labute approximate surface area is 213 Å². The van der Waals surface area contributed by atoms with Crippen LogP contribution in [0.4, 0.5) is 5.69 Å². The van der Waals surface area contributed by atoms with Gasteiger partial charge in [0, 0.05) is 36.9 Å². The normalized spacial score (nSPS) is 19.8. The van der Waals surface area contributed by atoms with Crippen molar-refractivity contribution in [2.75, 3.05) is 24.5 Å². The molecule has 2 aromatic rings. The van der Waals surface area contributed by atoms with Crippen LogP contribution < -0.4 is 9.62 Å². The molecule has 1 N–H and O–H groups in total. The Hall–Kier alpha value is -2.27. The van der Waals surface area contributed by atoms with Crippen LogP contribution in [0.2, 0.25) is 0 Å². The van der Waals surface area contributed by atoms with E-state index in [9.17, 15) is 21.6 Å². The largest absolute Gasteiger partial charge is 0.308 e. The van der Waals surface area contributed by atoms with E-state index in [0.717, 1.165) is 56.9 Å². The molecule has 0 aromatic heterocycles. The lowest BCUT2D eigenvalue weighted by molar-refractivity contribution is 0.0989. The topological polar surface area (TPSA) is 104 Å². The zero-order valence-electron chi connectivity index (χ0n) is 20.4. The van der Waals surface area contributed by atoms with Crippen molar-refractivity contribution in [2.24, 2.45) is 0 Å². The summed E-state index contributed by atoms with van der Waals surface area (Å²) in [5, 5.41) is 0. The molecule has 1 aliphatic carbocycles. The Morgan fingerprint density at radius 3 is 2.08 bits per heavy atom. The monoisotopic (exact) mass is 531 g/mol. The maximum Gasteiger partial charge on any atom is 0.258 e. The van der Waals surface area contributed by atoms with Crippen molar-refractivity contribution < 1.29 is 21.6 Å². The number of fused-ring (bicyclic) bond motifs is 1. The second-order valence-electron chi connectivity index (χ2n) is 9.94. The highest BCUT2D eigenvalue weighted by molar-refractivity contribution is 7.89. The van der Waals surface area contributed by atoms with Crippen LogP contribution in [0.5, 0.6) is 0 Å². The Kier molecular flexibility index (Phi) is 7.22. The van der Waals surface area contributed by atoms with E-state index in [1.165, 1.54) is 12.1 Å². The first-order valence-electron chi connectivity index (χ1n) is 12.8. The minimum Gasteiger partial charge on any atom is -0.308 e. The standard InChI is InChI=1S/C26H33N3O5S2/c30-26(20-9-11-23(12-10-20)36(33,34)28-16-5-1-2-6-17-28)29-18-15-21-19-24(13-14-25(21)29)35(31,32)27-22-7-3-4-8-22/h9-14,19,22,27H,1-8,15-18H2. The van der Waals surface area contributed by atoms with Crippen LogP contribution in [0.1, 0.15) is 67.3 Å². The van der Waals surface area contributed by atoms with Crippen molar-refractivity contribution in [2.45, 2.75) is 73.6 Å². The van der Waals surface area contributed by atoms with E-state index in [0.29, 0.717) is 37.3 Å². The zero-order chi connectivity index (χ0) is 25.3. The van der Waals surface area contributed by atoms with Crippen molar-refractivity contribution in [3.8, 4) is 0 Å². The van der Waals surface area contributed by atoms with Crippen LogP contribution in [0, 0.1) is 0 Å². The van der Waals surface area contributed by atoms with Gasteiger partial charge in [0.05, 0.1) is 9.79 Å². The SMILES string of the molecule is O=C(c1ccc(S(=O)(=O)N2CCCCCC2)cc1)N1CCc2cc(S(=O)(=O)NC3CCCC3)ccc21. The van der Waals surface area contributed by atoms with Gasteiger partial charge in [-0.25, -0.2) is 21.6 Å². The third-order valence-corrected chi connectivity index (χ3v) is 10.9. The van der Waals surface area contributed by atoms with Crippen LogP contribution in [0.3, 0.4) is 0 Å². The van der Waals surface area contributed by atoms with E-state index >= 15 is 0 Å². The molecule has 2 aliphatic heterocycles. The van der Waals surface area contributed by atoms with Gasteiger partial charge in [0.2, 0.25) is 20.0 Å². The van der Waals surface area contributed by atoms with Crippen LogP contribution in [-0.2, 0) is 26.5 Å². The Morgan fingerprint density at radius 1 is 0.778 bits per heavy atom. The molecule has 1 saturated heterocycles. The summed E-state index contributed by atoms with van der Waals surface area (Å²) in [4.78, 5) is 15.3. The summed E-state index contributed by atoms with van der Waals surface area (Å²) in [5.41, 5.74) is 1.91. The Morgan fingerprint density at radius 2 is 1.42 bits per heavy atom. The molecule has 1 amide bonds. The number of carbonyl (C=O) groups excluding carboxylic acids is 1. The molecule has 2 heterocycles. The van der Waals surface area contributed by atoms with Crippen LogP contribution >= 0.6 is 0 Å². The minimum absolute atomic E-state index is 0.00697. The molecule has 5 rings (SSSR count). The summed E-state index contributed by atoms with van der Waals surface area (Å²) >= 11 is 0. The number of rotatable bonds is 6. The minimum atomic E-state index is -3.60. The molecule has 0 radical (unpaired) electrons. The van der Waals surface area contributed by atoms with E-state index < -0.39 is 20.0 Å². The number of hydrogen-bond donors (Lipinski definition) is 1. The maximum absolute atomic E-state index is 13.3. The van der Waals surface area contributed by atoms with Gasteiger partial charge in [0.1, 0.15) is 0 Å². The van der Waals surface area contributed by atoms with Gasteiger partial charge in [0.15, 0.2) is 0 Å². The first kappa shape index (κ1) is 25.4. The quantitative estimate of drug-likeness (QED) is 0.613. The van der Waals surface area contributed by atoms with Crippen LogP contribution in [-0.4, -0.2) is 52.7 Å². The molecule has 3 aliphatic rings. The van der Waals surface area contributed by atoms with E-state index in [-0.39, 0.29) is 21.7 Å². The molecular weight excluding hydrogens is 498 g/mol. The molecular formula is C26H33N3O5S2. The van der Waals surface area contributed by atoms with Crippen molar-refractivity contribution in [3.05, 3.63) is 53.6 Å². The zero-order valence-corrected chi connectivity index (χ0v) is 22.0. The molecule has 0 atom stereocenters. The summed E-state index contributed by atoms with van der Waals surface area (Å²) in [6.07, 6.45) is 8.19. The third kappa shape index (κ3) is 5.09. The summed E-state index contributed by atoms with van der Waals surface area (Å²) in [6, 6.07) is 11.1. The van der Waals surface area contributed by atoms with Gasteiger partial charge >= 0.3 is 0 Å². The molecule has 0 bridgehead atoms. The van der Waals surface area contributed by atoms with E-state index in [1.54, 1.807) is 39.5 Å². The van der Waals surface area contributed by atoms with Gasteiger partial charge in [-0.2, -0.15) is 4.31 Å². The highest BCUT2D eigenvalue weighted by atomic mass is 32.2. The summed E-state index contributed by atoms with van der Waals surface area (Å²) < 4.78 is 56.1. The lowest BCUT2D eigenvalue weighted by Crippen LogP contribution is -2.32. The van der Waals surface area contributed by atoms with Gasteiger partial charge in [-0.15, -0.1) is 0 Å². The molecule has 1 saturated carbocycles. The lowest BCUT2D eigenvalue weighted by Gasteiger charge is -2.21. The second-order valence-corrected chi connectivity index (χ2v) is 13.6. The predicted octanol–water partition coefficient (Wildman–Crippen LogP) is 3.68. The fourth-order valence-electron chi connectivity index (χ4n) is 5.44. The number of hydrogen-bond acceptors (Lipinski definition) is 5. The molecule has 8 nitrogen and oxygen atoms in total. The second kappa shape index (κ2) is 10.2. The maximum atomic E-state index is 13.3. The first-order valence-corrected chi connectivity index (χ1v) is 15.8. The molecule has 0 unspecified atom stereocenters. The van der Waals surface area contributed by atoms with Gasteiger partial charge in [0.25, 0.3) is 5.91 Å². The van der Waals surface area contributed by atoms with Gasteiger partial charge in [-0.1, -0.05) is 25.7 Å². The Balaban J connectivity index is 1.31. The summed E-state index contributed by atoms with van der Waals surface area (Å²) in [6.45, 7) is 1.50. The number of amides is 1. The fourth-order valence-corrected chi connectivity index (χ4v) is 8.32. The number of nitrogens with one attached hydrogen (secondary N) is 1. The van der Waals surface area contributed by atoms with Crippen LogP contribution in [0.15, 0.2) is 52.3 Å². The molecule has 36 heavy (non-hydrogen) atoms. The van der Waals surface area contributed by atoms with Crippen molar-refractivity contribution in [1.82, 2.24) is 9.03 Å². The van der Waals surface area contributed by atoms with Gasteiger partial charge in [-0.05, 0) is 80.1 Å².